The number of aliphatic hydroxyl groups excluding tert-OH is 1. The van der Waals surface area contributed by atoms with Gasteiger partial charge in [-0.3, -0.25) is 0 Å². The summed E-state index contributed by atoms with van der Waals surface area (Å²) in [7, 11) is 0. The fourth-order valence-electron chi connectivity index (χ4n) is 2.68. The molecule has 1 aliphatic carbocycles. The van der Waals surface area contributed by atoms with Crippen LogP contribution in [0.15, 0.2) is 22.6 Å². The molecular formula is C15H17NO2. The van der Waals surface area contributed by atoms with Gasteiger partial charge in [0.25, 0.3) is 0 Å². The summed E-state index contributed by atoms with van der Waals surface area (Å²) in [5.74, 6) is 1.16. The molecule has 3 nitrogen and oxygen atoms in total. The van der Waals surface area contributed by atoms with Crippen LogP contribution in [0.3, 0.4) is 0 Å². The van der Waals surface area contributed by atoms with Gasteiger partial charge in [-0.05, 0) is 42.9 Å². The lowest BCUT2D eigenvalue weighted by Gasteiger charge is -2.16. The molecule has 0 bridgehead atoms. The van der Waals surface area contributed by atoms with Gasteiger partial charge in [-0.2, -0.15) is 0 Å². The third kappa shape index (κ3) is 1.95. The molecule has 2 aromatic rings. The maximum absolute atomic E-state index is 9.30. The van der Waals surface area contributed by atoms with Crippen molar-refractivity contribution in [2.45, 2.75) is 39.2 Å². The van der Waals surface area contributed by atoms with E-state index < -0.39 is 0 Å². The molecule has 94 valence electrons. The van der Waals surface area contributed by atoms with E-state index in [-0.39, 0.29) is 6.61 Å². The van der Waals surface area contributed by atoms with Crippen molar-refractivity contribution in [3.05, 3.63) is 41.0 Å². The fraction of sp³-hybridized carbons (Fsp3) is 0.400. The van der Waals surface area contributed by atoms with E-state index in [4.69, 9.17) is 4.42 Å². The third-order valence-electron chi connectivity index (χ3n) is 3.57. The molecule has 0 saturated heterocycles. The minimum Gasteiger partial charge on any atom is -0.443 e. The van der Waals surface area contributed by atoms with E-state index in [0.29, 0.717) is 11.7 Å². The topological polar surface area (TPSA) is 46.3 Å². The second kappa shape index (κ2) is 4.58. The molecule has 1 N–H and O–H groups in total. The summed E-state index contributed by atoms with van der Waals surface area (Å²) in [6.45, 7) is 1.70. The Labute approximate surface area is 106 Å². The average Bonchev–Trinajstić information content (AvgIpc) is 2.79. The summed E-state index contributed by atoms with van der Waals surface area (Å²) in [5, 5.41) is 9.30. The van der Waals surface area contributed by atoms with Crippen LogP contribution in [0.4, 0.5) is 0 Å². The van der Waals surface area contributed by atoms with Crippen molar-refractivity contribution in [1.82, 2.24) is 4.98 Å². The number of aromatic nitrogens is 1. The molecule has 1 aliphatic rings. The smallest absolute Gasteiger partial charge is 0.191 e. The highest BCUT2D eigenvalue weighted by atomic mass is 16.4. The first kappa shape index (κ1) is 11.5. The van der Waals surface area contributed by atoms with E-state index in [2.05, 4.69) is 23.2 Å². The Balaban J connectivity index is 2.06. The maximum atomic E-state index is 9.30. The predicted octanol–water partition coefficient (Wildman–Crippen LogP) is 3.02. The van der Waals surface area contributed by atoms with Gasteiger partial charge in [-0.1, -0.05) is 12.1 Å². The van der Waals surface area contributed by atoms with Gasteiger partial charge in [0.15, 0.2) is 11.7 Å². The van der Waals surface area contributed by atoms with Crippen LogP contribution in [-0.4, -0.2) is 10.1 Å². The number of aryl methyl sites for hydroxylation is 3. The summed E-state index contributed by atoms with van der Waals surface area (Å²) in [4.78, 5) is 4.37. The van der Waals surface area contributed by atoms with E-state index in [1.54, 1.807) is 6.92 Å². The van der Waals surface area contributed by atoms with Crippen molar-refractivity contribution in [1.29, 1.82) is 0 Å². The largest absolute Gasteiger partial charge is 0.443 e. The highest BCUT2D eigenvalue weighted by Gasteiger charge is 2.15. The number of nitrogens with zero attached hydrogens (tertiary/aromatic N) is 1. The van der Waals surface area contributed by atoms with E-state index in [0.717, 1.165) is 17.7 Å². The molecule has 3 heteroatoms. The summed E-state index contributed by atoms with van der Waals surface area (Å²) in [6.07, 6.45) is 4.88. The van der Waals surface area contributed by atoms with Gasteiger partial charge in [-0.25, -0.2) is 4.98 Å². The van der Waals surface area contributed by atoms with Crippen molar-refractivity contribution in [2.75, 3.05) is 0 Å². The van der Waals surface area contributed by atoms with Crippen molar-refractivity contribution < 1.29 is 9.52 Å². The lowest BCUT2D eigenvalue weighted by molar-refractivity contribution is 0.245. The summed E-state index contributed by atoms with van der Waals surface area (Å²) in [6, 6.07) is 6.47. The zero-order chi connectivity index (χ0) is 12.5. The highest BCUT2D eigenvalue weighted by molar-refractivity contribution is 5.63. The summed E-state index contributed by atoms with van der Waals surface area (Å²) < 4.78 is 5.40. The number of benzene rings is 1. The van der Waals surface area contributed by atoms with Gasteiger partial charge in [0.1, 0.15) is 12.3 Å². The molecule has 0 saturated carbocycles. The van der Waals surface area contributed by atoms with Crippen LogP contribution in [0.5, 0.6) is 0 Å². The zero-order valence-corrected chi connectivity index (χ0v) is 10.6. The van der Waals surface area contributed by atoms with Crippen LogP contribution in [-0.2, 0) is 19.4 Å². The van der Waals surface area contributed by atoms with E-state index >= 15 is 0 Å². The Bertz CT molecular complexity index is 572. The van der Waals surface area contributed by atoms with Crippen LogP contribution in [0.2, 0.25) is 0 Å². The predicted molar refractivity (Wildman–Crippen MR) is 69.2 cm³/mol. The molecule has 0 atom stereocenters. The van der Waals surface area contributed by atoms with E-state index in [1.165, 1.54) is 30.4 Å². The molecule has 1 aromatic carbocycles. The molecule has 0 unspecified atom stereocenters. The standard InChI is InChI=1S/C15H17NO2/c1-10-16-15(14(9-17)18-10)13-7-6-11-4-2-3-5-12(11)8-13/h6-8,17H,2-5,9H2,1H3. The number of hydrogen-bond acceptors (Lipinski definition) is 3. The Morgan fingerprint density at radius 3 is 2.78 bits per heavy atom. The minimum atomic E-state index is -0.104. The first-order chi connectivity index (χ1) is 8.78. The number of rotatable bonds is 2. The molecule has 18 heavy (non-hydrogen) atoms. The number of hydrogen-bond donors (Lipinski definition) is 1. The van der Waals surface area contributed by atoms with Crippen molar-refractivity contribution in [2.24, 2.45) is 0 Å². The molecule has 0 fully saturated rings. The molecule has 1 aromatic heterocycles. The Kier molecular flexibility index (Phi) is 2.92. The van der Waals surface area contributed by atoms with Gasteiger partial charge >= 0.3 is 0 Å². The number of fused-ring (bicyclic) bond motifs is 1. The summed E-state index contributed by atoms with van der Waals surface area (Å²) in [5.41, 5.74) is 4.71. The van der Waals surface area contributed by atoms with Crippen LogP contribution >= 0.6 is 0 Å². The van der Waals surface area contributed by atoms with Gasteiger partial charge in [0, 0.05) is 12.5 Å². The first-order valence-corrected chi connectivity index (χ1v) is 6.47. The highest BCUT2D eigenvalue weighted by Crippen LogP contribution is 2.29. The number of aliphatic hydroxyl groups is 1. The van der Waals surface area contributed by atoms with Gasteiger partial charge in [0.2, 0.25) is 0 Å². The molecule has 0 aliphatic heterocycles. The normalized spacial score (nSPS) is 14.6. The second-order valence-corrected chi connectivity index (χ2v) is 4.85. The van der Waals surface area contributed by atoms with Crippen LogP contribution < -0.4 is 0 Å². The molecule has 0 amide bonds. The Hall–Kier alpha value is -1.61. The number of oxazole rings is 1. The Morgan fingerprint density at radius 1 is 1.22 bits per heavy atom. The van der Waals surface area contributed by atoms with Gasteiger partial charge in [0.05, 0.1) is 0 Å². The lowest BCUT2D eigenvalue weighted by Crippen LogP contribution is -2.02. The molecule has 3 rings (SSSR count). The second-order valence-electron chi connectivity index (χ2n) is 4.85. The fourth-order valence-corrected chi connectivity index (χ4v) is 2.68. The Morgan fingerprint density at radius 2 is 2.00 bits per heavy atom. The zero-order valence-electron chi connectivity index (χ0n) is 10.6. The minimum absolute atomic E-state index is 0.104. The molecular weight excluding hydrogens is 226 g/mol. The van der Waals surface area contributed by atoms with Gasteiger partial charge < -0.3 is 9.52 Å². The molecule has 1 heterocycles. The third-order valence-corrected chi connectivity index (χ3v) is 3.57. The van der Waals surface area contributed by atoms with Crippen LogP contribution in [0.1, 0.15) is 35.6 Å². The SMILES string of the molecule is Cc1nc(-c2ccc3c(c2)CCCC3)c(CO)o1. The average molecular weight is 243 g/mol. The van der Waals surface area contributed by atoms with E-state index in [9.17, 15) is 5.11 Å². The van der Waals surface area contributed by atoms with Gasteiger partial charge in [-0.15, -0.1) is 0 Å². The van der Waals surface area contributed by atoms with E-state index in [1.807, 2.05) is 0 Å². The quantitative estimate of drug-likeness (QED) is 0.881. The first-order valence-electron chi connectivity index (χ1n) is 6.47. The molecule has 0 spiro atoms. The lowest BCUT2D eigenvalue weighted by atomic mass is 9.90. The van der Waals surface area contributed by atoms with Crippen molar-refractivity contribution in [3.63, 3.8) is 0 Å². The monoisotopic (exact) mass is 243 g/mol. The van der Waals surface area contributed by atoms with Crippen LogP contribution in [0.25, 0.3) is 11.3 Å². The molecule has 0 radical (unpaired) electrons. The maximum Gasteiger partial charge on any atom is 0.191 e. The van der Waals surface area contributed by atoms with Crippen molar-refractivity contribution >= 4 is 0 Å². The van der Waals surface area contributed by atoms with Crippen molar-refractivity contribution in [3.8, 4) is 11.3 Å². The van der Waals surface area contributed by atoms with Crippen LogP contribution in [0, 0.1) is 6.92 Å². The summed E-state index contributed by atoms with van der Waals surface area (Å²) >= 11 is 0.